The molecule has 4 aliphatic heterocycles. The van der Waals surface area contributed by atoms with E-state index in [1.54, 1.807) is 0 Å². The summed E-state index contributed by atoms with van der Waals surface area (Å²) in [5, 5.41) is 0. The van der Waals surface area contributed by atoms with Gasteiger partial charge in [0.15, 0.2) is 0 Å². The van der Waals surface area contributed by atoms with Gasteiger partial charge in [-0.15, -0.1) is 0 Å². The van der Waals surface area contributed by atoms with Crippen molar-refractivity contribution in [2.75, 3.05) is 13.2 Å². The molecule has 0 aromatic heterocycles. The second kappa shape index (κ2) is 13.7. The molecular formula is C33H62O8Si4. The van der Waals surface area contributed by atoms with Gasteiger partial charge in [0.1, 0.15) is 0 Å². The Morgan fingerprint density at radius 1 is 0.489 bits per heavy atom. The Morgan fingerprint density at radius 3 is 1.18 bits per heavy atom. The third kappa shape index (κ3) is 9.02. The predicted molar refractivity (Wildman–Crippen MR) is 183 cm³/mol. The van der Waals surface area contributed by atoms with E-state index >= 15 is 0 Å². The van der Waals surface area contributed by atoms with Gasteiger partial charge in [0.25, 0.3) is 0 Å². The molecule has 7 rings (SSSR count). The fraction of sp³-hybridized carbons (Fsp3) is 1.00. The van der Waals surface area contributed by atoms with Gasteiger partial charge in [-0.2, -0.15) is 0 Å². The van der Waals surface area contributed by atoms with Gasteiger partial charge >= 0.3 is 34.2 Å². The molecule has 3 aliphatic carbocycles. The van der Waals surface area contributed by atoms with Crippen molar-refractivity contribution in [2.24, 2.45) is 17.8 Å². The Bertz CT molecular complexity index is 975. The lowest BCUT2D eigenvalue weighted by Crippen LogP contribution is -2.67. The molecule has 7 aliphatic rings. The zero-order valence-corrected chi connectivity index (χ0v) is 32.9. The standard InChI is InChI=1S/C33H62O8Si4/c1-6-34-17-7-18-42(2)38-43(3,19-14-25-8-11-28-31(22-25)35-28)40-45(5,21-16-27-10-13-30-33(24-27)37-30)41-44(4,39-42)20-15-26-9-12-29-32(23-26)36-29/h25-33H,6-24H2,1-5H3. The highest BCUT2D eigenvalue weighted by molar-refractivity contribution is 6.93. The van der Waals surface area contributed by atoms with Crippen LogP contribution in [0.15, 0.2) is 0 Å². The van der Waals surface area contributed by atoms with Crippen molar-refractivity contribution in [3.05, 3.63) is 0 Å². The largest absolute Gasteiger partial charge is 0.416 e. The minimum absolute atomic E-state index is 0.515. The third-order valence-corrected chi connectivity index (χ3v) is 30.9. The molecular weight excluding hydrogens is 637 g/mol. The Hall–Kier alpha value is 0.548. The zero-order valence-electron chi connectivity index (χ0n) is 28.9. The van der Waals surface area contributed by atoms with Crippen LogP contribution in [0.2, 0.25) is 50.4 Å². The van der Waals surface area contributed by atoms with Crippen molar-refractivity contribution in [3.8, 4) is 0 Å². The monoisotopic (exact) mass is 698 g/mol. The quantitative estimate of drug-likeness (QED) is 0.104. The molecule has 12 heteroatoms. The topological polar surface area (TPSA) is 83.7 Å². The maximum absolute atomic E-state index is 7.57. The highest BCUT2D eigenvalue weighted by atomic mass is 28.5. The van der Waals surface area contributed by atoms with E-state index in [9.17, 15) is 0 Å². The lowest BCUT2D eigenvalue weighted by molar-refractivity contribution is 0.145. The summed E-state index contributed by atoms with van der Waals surface area (Å²) in [5.74, 6) is 2.16. The summed E-state index contributed by atoms with van der Waals surface area (Å²) < 4.78 is 53.6. The van der Waals surface area contributed by atoms with Crippen molar-refractivity contribution in [3.63, 3.8) is 0 Å². The van der Waals surface area contributed by atoms with Gasteiger partial charge < -0.3 is 35.4 Å². The van der Waals surface area contributed by atoms with Crippen LogP contribution in [0.4, 0.5) is 0 Å². The van der Waals surface area contributed by atoms with Crippen LogP contribution in [0, 0.1) is 17.8 Å². The van der Waals surface area contributed by atoms with Gasteiger partial charge in [0.2, 0.25) is 0 Å². The van der Waals surface area contributed by atoms with Crippen molar-refractivity contribution < 1.29 is 35.4 Å². The highest BCUT2D eigenvalue weighted by Crippen LogP contribution is 2.47. The first-order valence-electron chi connectivity index (χ1n) is 18.9. The fourth-order valence-corrected chi connectivity index (χ4v) is 33.2. The molecule has 0 radical (unpaired) electrons. The molecule has 4 heterocycles. The molecule has 7 fully saturated rings. The van der Waals surface area contributed by atoms with Crippen LogP contribution in [0.1, 0.15) is 90.4 Å². The van der Waals surface area contributed by atoms with Crippen molar-refractivity contribution in [1.82, 2.24) is 0 Å². The van der Waals surface area contributed by atoms with E-state index < -0.39 is 34.2 Å². The number of rotatable bonds is 14. The van der Waals surface area contributed by atoms with E-state index in [0.717, 1.165) is 61.6 Å². The average molecular weight is 699 g/mol. The maximum atomic E-state index is 7.57. The zero-order chi connectivity index (χ0) is 31.3. The van der Waals surface area contributed by atoms with E-state index in [1.807, 2.05) is 0 Å². The molecule has 3 saturated carbocycles. The summed E-state index contributed by atoms with van der Waals surface area (Å²) in [6.07, 6.45) is 18.9. The second-order valence-electron chi connectivity index (χ2n) is 16.5. The van der Waals surface area contributed by atoms with Crippen LogP contribution in [0.25, 0.3) is 0 Å². The summed E-state index contributed by atoms with van der Waals surface area (Å²) in [7, 11) is -10.4. The molecule has 8 nitrogen and oxygen atoms in total. The Balaban J connectivity index is 1.08. The molecule has 0 N–H and O–H groups in total. The van der Waals surface area contributed by atoms with Gasteiger partial charge in [-0.3, -0.25) is 0 Å². The molecule has 0 aromatic rings. The van der Waals surface area contributed by atoms with Gasteiger partial charge in [0, 0.05) is 13.2 Å². The first kappa shape index (κ1) is 34.0. The number of fused-ring (bicyclic) bond motifs is 3. The fourth-order valence-electron chi connectivity index (χ4n) is 9.60. The van der Waals surface area contributed by atoms with Crippen molar-refractivity contribution >= 4 is 34.2 Å². The molecule has 0 aromatic carbocycles. The van der Waals surface area contributed by atoms with Crippen LogP contribution in [0.5, 0.6) is 0 Å². The number of ether oxygens (including phenoxy) is 4. The summed E-state index contributed by atoms with van der Waals surface area (Å²) in [6, 6.07) is 4.04. The van der Waals surface area contributed by atoms with Gasteiger partial charge in [-0.05, 0) is 159 Å². The number of hydrogen-bond acceptors (Lipinski definition) is 8. The predicted octanol–water partition coefficient (Wildman–Crippen LogP) is 7.65. The minimum Gasteiger partial charge on any atom is -0.416 e. The van der Waals surface area contributed by atoms with E-state index in [1.165, 1.54) is 77.0 Å². The van der Waals surface area contributed by atoms with E-state index in [-0.39, 0.29) is 0 Å². The van der Waals surface area contributed by atoms with Gasteiger partial charge in [-0.25, -0.2) is 0 Å². The lowest BCUT2D eigenvalue weighted by atomic mass is 9.88. The number of hydrogen-bond donors (Lipinski definition) is 0. The average Bonchev–Trinajstić information content (AvgIpc) is 3.88. The molecule has 0 spiro atoms. The van der Waals surface area contributed by atoms with Crippen LogP contribution in [-0.2, 0) is 35.4 Å². The molecule has 0 bridgehead atoms. The summed E-state index contributed by atoms with van der Waals surface area (Å²) in [6.45, 7) is 13.0. The Morgan fingerprint density at radius 2 is 0.844 bits per heavy atom. The first-order chi connectivity index (χ1) is 21.5. The second-order valence-corrected chi connectivity index (χ2v) is 30.9. The molecule has 11 unspecified atom stereocenters. The highest BCUT2D eigenvalue weighted by Gasteiger charge is 2.57. The Labute approximate surface area is 277 Å². The molecule has 45 heavy (non-hydrogen) atoms. The molecule has 258 valence electrons. The summed E-state index contributed by atoms with van der Waals surface area (Å²) >= 11 is 0. The van der Waals surface area contributed by atoms with E-state index in [2.05, 4.69) is 33.1 Å². The van der Waals surface area contributed by atoms with E-state index in [4.69, 9.17) is 35.4 Å². The van der Waals surface area contributed by atoms with Crippen LogP contribution in [-0.4, -0.2) is 84.1 Å². The smallest absolute Gasteiger partial charge is 0.317 e. The van der Waals surface area contributed by atoms with Crippen LogP contribution < -0.4 is 0 Å². The third-order valence-electron chi connectivity index (χ3n) is 12.2. The SMILES string of the molecule is CCOCCC[Si]1(C)O[Si](C)(CCC2CCC3OC3C2)O[Si](C)(CCC2CCC3OC3C2)O[Si](C)(CCC2CCC3OC3C2)O1. The Kier molecular flexibility index (Phi) is 10.4. The van der Waals surface area contributed by atoms with Gasteiger partial charge in [-0.1, -0.05) is 0 Å². The summed E-state index contributed by atoms with van der Waals surface area (Å²) in [5.41, 5.74) is 0. The summed E-state index contributed by atoms with van der Waals surface area (Å²) in [4.78, 5) is 0. The van der Waals surface area contributed by atoms with Crippen LogP contribution >= 0.6 is 0 Å². The van der Waals surface area contributed by atoms with Crippen molar-refractivity contribution in [1.29, 1.82) is 0 Å². The molecule has 4 saturated heterocycles. The lowest BCUT2D eigenvalue weighted by Gasteiger charge is -2.51. The molecule has 0 amide bonds. The van der Waals surface area contributed by atoms with E-state index in [0.29, 0.717) is 36.6 Å². The van der Waals surface area contributed by atoms with Crippen molar-refractivity contribution in [2.45, 2.75) is 177 Å². The maximum Gasteiger partial charge on any atom is 0.317 e. The molecule has 11 atom stereocenters. The van der Waals surface area contributed by atoms with Crippen LogP contribution in [0.3, 0.4) is 0 Å². The number of epoxide rings is 3. The van der Waals surface area contributed by atoms with Gasteiger partial charge in [0.05, 0.1) is 36.6 Å². The minimum atomic E-state index is -2.60. The first-order valence-corrected chi connectivity index (χ1v) is 29.0. The normalized spacial score (nSPS) is 50.5.